The maximum atomic E-state index is 13.7. The van der Waals surface area contributed by atoms with Crippen molar-refractivity contribution in [1.29, 1.82) is 0 Å². The van der Waals surface area contributed by atoms with Crippen molar-refractivity contribution in [3.05, 3.63) is 29.3 Å². The molecule has 7 heteroatoms. The normalized spacial score (nSPS) is 23.2. The summed E-state index contributed by atoms with van der Waals surface area (Å²) in [4.78, 5) is -0.669. The molecule has 0 saturated heterocycles. The van der Waals surface area contributed by atoms with Crippen LogP contribution in [0.4, 0.5) is 8.78 Å². The molecular weight excluding hydrogens is 286 g/mol. The predicted molar refractivity (Wildman–Crippen MR) is 71.4 cm³/mol. The summed E-state index contributed by atoms with van der Waals surface area (Å²) in [5.41, 5.74) is 5.60. The van der Waals surface area contributed by atoms with Gasteiger partial charge in [0, 0.05) is 12.6 Å². The first-order valence-corrected chi connectivity index (χ1v) is 8.04. The Labute approximate surface area is 117 Å². The summed E-state index contributed by atoms with van der Waals surface area (Å²) < 4.78 is 54.1. The quantitative estimate of drug-likeness (QED) is 0.892. The van der Waals surface area contributed by atoms with Crippen molar-refractivity contribution in [3.63, 3.8) is 0 Å². The smallest absolute Gasteiger partial charge is 0.243 e. The van der Waals surface area contributed by atoms with Gasteiger partial charge in [0.2, 0.25) is 10.0 Å². The average Bonchev–Trinajstić information content (AvgIpc) is 2.77. The van der Waals surface area contributed by atoms with E-state index in [9.17, 15) is 17.2 Å². The number of hydrogen-bond donors (Lipinski definition) is 2. The second-order valence-corrected chi connectivity index (χ2v) is 6.91. The molecule has 2 unspecified atom stereocenters. The lowest BCUT2D eigenvalue weighted by Crippen LogP contribution is -2.37. The fraction of sp³-hybridized carbons (Fsp3) is 0.538. The Balaban J connectivity index is 2.36. The Hall–Kier alpha value is -1.05. The second kappa shape index (κ2) is 5.75. The minimum absolute atomic E-state index is 0.0560. The van der Waals surface area contributed by atoms with Crippen LogP contribution in [0.2, 0.25) is 0 Å². The highest BCUT2D eigenvalue weighted by Crippen LogP contribution is 2.27. The van der Waals surface area contributed by atoms with E-state index < -0.39 is 26.6 Å². The third-order valence-corrected chi connectivity index (χ3v) is 5.24. The number of nitrogens with two attached hydrogens (primary N) is 1. The molecule has 0 aliphatic heterocycles. The van der Waals surface area contributed by atoms with Gasteiger partial charge in [0.05, 0.1) is 0 Å². The average molecular weight is 304 g/mol. The largest absolute Gasteiger partial charge is 0.326 e. The molecule has 1 aliphatic rings. The number of nitrogens with one attached hydrogen (secondary N) is 1. The van der Waals surface area contributed by atoms with Crippen LogP contribution in [0.3, 0.4) is 0 Å². The second-order valence-electron chi connectivity index (χ2n) is 5.23. The van der Waals surface area contributed by atoms with Gasteiger partial charge in [0.1, 0.15) is 4.90 Å². The summed E-state index contributed by atoms with van der Waals surface area (Å²) in [5.74, 6) is -2.37. The zero-order chi connectivity index (χ0) is 14.9. The SMILES string of the molecule is CC1CCCC1NS(=O)(=O)c1cc(CN)cc(F)c1F. The van der Waals surface area contributed by atoms with E-state index in [0.29, 0.717) is 6.42 Å². The van der Waals surface area contributed by atoms with E-state index in [1.165, 1.54) is 0 Å². The molecule has 2 rings (SSSR count). The molecule has 1 aromatic carbocycles. The fourth-order valence-corrected chi connectivity index (χ4v) is 4.03. The zero-order valence-electron chi connectivity index (χ0n) is 11.2. The third-order valence-electron chi connectivity index (χ3n) is 3.75. The molecule has 1 aliphatic carbocycles. The number of halogens is 2. The number of hydrogen-bond acceptors (Lipinski definition) is 3. The fourth-order valence-electron chi connectivity index (χ4n) is 2.51. The Kier molecular flexibility index (Phi) is 4.41. The highest BCUT2D eigenvalue weighted by molar-refractivity contribution is 7.89. The molecule has 0 radical (unpaired) electrons. The van der Waals surface area contributed by atoms with Crippen molar-refractivity contribution in [3.8, 4) is 0 Å². The van der Waals surface area contributed by atoms with Crippen LogP contribution in [0.5, 0.6) is 0 Å². The van der Waals surface area contributed by atoms with Crippen molar-refractivity contribution in [2.24, 2.45) is 11.7 Å². The Morgan fingerprint density at radius 2 is 2.05 bits per heavy atom. The van der Waals surface area contributed by atoms with E-state index in [4.69, 9.17) is 5.73 Å². The monoisotopic (exact) mass is 304 g/mol. The maximum absolute atomic E-state index is 13.7. The summed E-state index contributed by atoms with van der Waals surface area (Å²) in [7, 11) is -4.08. The molecule has 2 atom stereocenters. The standard InChI is InChI=1S/C13H18F2N2O2S/c1-8-3-2-4-11(8)17-20(18,19)12-6-9(7-16)5-10(14)13(12)15/h5-6,8,11,17H,2-4,7,16H2,1H3. The minimum Gasteiger partial charge on any atom is -0.326 e. The van der Waals surface area contributed by atoms with Gasteiger partial charge in [0.25, 0.3) is 0 Å². The van der Waals surface area contributed by atoms with Crippen LogP contribution in [-0.4, -0.2) is 14.5 Å². The van der Waals surface area contributed by atoms with Crippen LogP contribution >= 0.6 is 0 Å². The van der Waals surface area contributed by atoms with Crippen molar-refractivity contribution in [2.75, 3.05) is 0 Å². The lowest BCUT2D eigenvalue weighted by atomic mass is 10.1. The summed E-state index contributed by atoms with van der Waals surface area (Å²) in [6, 6.07) is 1.76. The van der Waals surface area contributed by atoms with Crippen LogP contribution in [0.15, 0.2) is 17.0 Å². The molecule has 4 nitrogen and oxygen atoms in total. The van der Waals surface area contributed by atoms with Crippen LogP contribution in [0.1, 0.15) is 31.7 Å². The van der Waals surface area contributed by atoms with Gasteiger partial charge in [-0.15, -0.1) is 0 Å². The van der Waals surface area contributed by atoms with Gasteiger partial charge in [-0.1, -0.05) is 13.3 Å². The minimum atomic E-state index is -4.08. The summed E-state index contributed by atoms with van der Waals surface area (Å²) in [6.45, 7) is 1.88. The molecule has 3 N–H and O–H groups in total. The van der Waals surface area contributed by atoms with Gasteiger partial charge in [-0.05, 0) is 36.5 Å². The van der Waals surface area contributed by atoms with Crippen LogP contribution in [0, 0.1) is 17.6 Å². The van der Waals surface area contributed by atoms with E-state index >= 15 is 0 Å². The van der Waals surface area contributed by atoms with Crippen molar-refractivity contribution in [1.82, 2.24) is 4.72 Å². The summed E-state index contributed by atoms with van der Waals surface area (Å²) >= 11 is 0. The third kappa shape index (κ3) is 2.99. The number of rotatable bonds is 4. The van der Waals surface area contributed by atoms with E-state index in [2.05, 4.69) is 4.72 Å². The van der Waals surface area contributed by atoms with Gasteiger partial charge in [-0.25, -0.2) is 21.9 Å². The first-order valence-electron chi connectivity index (χ1n) is 6.55. The summed E-state index contributed by atoms with van der Waals surface area (Å²) in [5, 5.41) is 0. The number of sulfonamides is 1. The lowest BCUT2D eigenvalue weighted by molar-refractivity contribution is 0.462. The van der Waals surface area contributed by atoms with E-state index in [1.54, 1.807) is 0 Å². The van der Waals surface area contributed by atoms with Gasteiger partial charge >= 0.3 is 0 Å². The van der Waals surface area contributed by atoms with Gasteiger partial charge in [0.15, 0.2) is 11.6 Å². The zero-order valence-corrected chi connectivity index (χ0v) is 12.0. The summed E-state index contributed by atoms with van der Waals surface area (Å²) in [6.07, 6.45) is 2.56. The molecule has 112 valence electrons. The van der Waals surface area contributed by atoms with Gasteiger partial charge < -0.3 is 5.73 Å². The molecule has 1 fully saturated rings. The van der Waals surface area contributed by atoms with Gasteiger partial charge in [-0.3, -0.25) is 0 Å². The van der Waals surface area contributed by atoms with Crippen LogP contribution in [0.25, 0.3) is 0 Å². The molecule has 0 heterocycles. The maximum Gasteiger partial charge on any atom is 0.243 e. The van der Waals surface area contributed by atoms with Crippen LogP contribution in [-0.2, 0) is 16.6 Å². The number of benzene rings is 1. The van der Waals surface area contributed by atoms with Crippen molar-refractivity contribution >= 4 is 10.0 Å². The highest BCUT2D eigenvalue weighted by Gasteiger charge is 2.30. The van der Waals surface area contributed by atoms with Crippen molar-refractivity contribution < 1.29 is 17.2 Å². The molecule has 0 amide bonds. The Morgan fingerprint density at radius 3 is 2.60 bits per heavy atom. The lowest BCUT2D eigenvalue weighted by Gasteiger charge is -2.18. The molecule has 0 bridgehead atoms. The molecule has 1 aromatic rings. The van der Waals surface area contributed by atoms with E-state index in [0.717, 1.165) is 25.0 Å². The van der Waals surface area contributed by atoms with E-state index in [-0.39, 0.29) is 24.1 Å². The molecule has 0 aromatic heterocycles. The van der Waals surface area contributed by atoms with Crippen LogP contribution < -0.4 is 10.5 Å². The molecule has 1 saturated carbocycles. The Bertz CT molecular complexity index is 605. The first-order chi connectivity index (χ1) is 9.35. The molecule has 20 heavy (non-hydrogen) atoms. The van der Waals surface area contributed by atoms with E-state index in [1.807, 2.05) is 6.92 Å². The predicted octanol–water partition coefficient (Wildman–Crippen LogP) is 1.89. The van der Waals surface area contributed by atoms with Crippen molar-refractivity contribution in [2.45, 2.75) is 43.7 Å². The van der Waals surface area contributed by atoms with Gasteiger partial charge in [-0.2, -0.15) is 0 Å². The molecular formula is C13H18F2N2O2S. The molecule has 0 spiro atoms. The Morgan fingerprint density at radius 1 is 1.35 bits per heavy atom. The first kappa shape index (κ1) is 15.3. The highest BCUT2D eigenvalue weighted by atomic mass is 32.2. The topological polar surface area (TPSA) is 72.2 Å².